The Kier molecular flexibility index (Phi) is 6.41. The monoisotopic (exact) mass is 461 g/mol. The number of halogens is 2. The average molecular weight is 462 g/mol. The van der Waals surface area contributed by atoms with Crippen LogP contribution in [0.4, 0.5) is 16.6 Å². The molecule has 0 aliphatic carbocycles. The molecule has 1 aliphatic rings. The second kappa shape index (κ2) is 9.20. The second-order valence-electron chi connectivity index (χ2n) is 7.11. The normalized spacial score (nSPS) is 14.1. The highest BCUT2D eigenvalue weighted by Crippen LogP contribution is 2.26. The number of amides is 1. The van der Waals surface area contributed by atoms with Gasteiger partial charge in [-0.1, -0.05) is 29.3 Å². The number of thiazole rings is 1. The number of pyridine rings is 1. The summed E-state index contributed by atoms with van der Waals surface area (Å²) in [5.41, 5.74) is 3.09. The first-order valence-electron chi connectivity index (χ1n) is 9.60. The summed E-state index contributed by atoms with van der Waals surface area (Å²) < 4.78 is 0. The highest BCUT2D eigenvalue weighted by atomic mass is 35.5. The molecule has 1 aliphatic heterocycles. The molecule has 9 heteroatoms. The van der Waals surface area contributed by atoms with E-state index in [9.17, 15) is 4.79 Å². The predicted molar refractivity (Wildman–Crippen MR) is 123 cm³/mol. The highest BCUT2D eigenvalue weighted by molar-refractivity contribution is 7.13. The molecule has 6 nitrogen and oxygen atoms in total. The van der Waals surface area contributed by atoms with E-state index in [0.29, 0.717) is 35.5 Å². The molecular formula is C21H21Cl2N5OS. The van der Waals surface area contributed by atoms with Crippen LogP contribution in [-0.2, 0) is 11.2 Å². The summed E-state index contributed by atoms with van der Waals surface area (Å²) in [4.78, 5) is 25.6. The van der Waals surface area contributed by atoms with Crippen molar-refractivity contribution in [3.8, 4) is 0 Å². The lowest BCUT2D eigenvalue weighted by atomic mass is 10.1. The van der Waals surface area contributed by atoms with Gasteiger partial charge in [0.25, 0.3) is 0 Å². The van der Waals surface area contributed by atoms with Gasteiger partial charge in [-0.2, -0.15) is 0 Å². The Morgan fingerprint density at radius 3 is 2.63 bits per heavy atom. The highest BCUT2D eigenvalue weighted by Gasteiger charge is 2.23. The second-order valence-corrected chi connectivity index (χ2v) is 8.84. The Labute approximate surface area is 189 Å². The van der Waals surface area contributed by atoms with Crippen LogP contribution in [0.5, 0.6) is 0 Å². The summed E-state index contributed by atoms with van der Waals surface area (Å²) in [6, 6.07) is 9.48. The summed E-state index contributed by atoms with van der Waals surface area (Å²) in [6.07, 6.45) is 1.87. The van der Waals surface area contributed by atoms with E-state index in [-0.39, 0.29) is 5.91 Å². The Balaban J connectivity index is 1.31. The van der Waals surface area contributed by atoms with E-state index in [1.165, 1.54) is 16.9 Å². The predicted octanol–water partition coefficient (Wildman–Crippen LogP) is 4.79. The molecule has 2 aromatic heterocycles. The molecule has 0 atom stereocenters. The van der Waals surface area contributed by atoms with Gasteiger partial charge in [0.05, 0.1) is 17.1 Å². The Bertz CT molecular complexity index is 1030. The number of hydrogen-bond donors (Lipinski definition) is 1. The van der Waals surface area contributed by atoms with Gasteiger partial charge in [0.1, 0.15) is 5.82 Å². The summed E-state index contributed by atoms with van der Waals surface area (Å²) in [5, 5.41) is 7.05. The van der Waals surface area contributed by atoms with Crippen molar-refractivity contribution >= 4 is 57.1 Å². The molecule has 0 spiro atoms. The number of piperazine rings is 1. The Morgan fingerprint density at radius 2 is 1.90 bits per heavy atom. The molecule has 1 fully saturated rings. The minimum atomic E-state index is 0.0962. The number of aryl methyl sites for hydroxylation is 1. The maximum absolute atomic E-state index is 12.7. The molecule has 3 heterocycles. The fourth-order valence-electron chi connectivity index (χ4n) is 3.39. The van der Waals surface area contributed by atoms with Crippen LogP contribution in [0.25, 0.3) is 0 Å². The van der Waals surface area contributed by atoms with Crippen LogP contribution in [0.1, 0.15) is 11.3 Å². The number of rotatable bonds is 5. The van der Waals surface area contributed by atoms with Crippen molar-refractivity contribution in [1.82, 2.24) is 14.9 Å². The third kappa shape index (κ3) is 5.03. The number of nitrogens with one attached hydrogen (secondary N) is 1. The maximum atomic E-state index is 12.7. The van der Waals surface area contributed by atoms with Gasteiger partial charge in [-0.05, 0) is 36.8 Å². The van der Waals surface area contributed by atoms with Gasteiger partial charge in [0.2, 0.25) is 5.91 Å². The van der Waals surface area contributed by atoms with Crippen molar-refractivity contribution < 1.29 is 4.79 Å². The van der Waals surface area contributed by atoms with Crippen molar-refractivity contribution in [2.75, 3.05) is 36.4 Å². The number of nitrogens with zero attached hydrogens (tertiary/aromatic N) is 4. The number of aromatic nitrogens is 2. The van der Waals surface area contributed by atoms with E-state index in [2.05, 4.69) is 27.1 Å². The zero-order valence-corrected chi connectivity index (χ0v) is 18.8. The summed E-state index contributed by atoms with van der Waals surface area (Å²) in [7, 11) is 0. The number of benzene rings is 1. The number of hydrogen-bond acceptors (Lipinski definition) is 6. The third-order valence-corrected chi connectivity index (χ3v) is 6.26. The number of carbonyl (C=O) groups is 1. The third-order valence-electron chi connectivity index (χ3n) is 4.99. The first-order valence-corrected chi connectivity index (χ1v) is 11.2. The molecule has 30 heavy (non-hydrogen) atoms. The van der Waals surface area contributed by atoms with Crippen LogP contribution in [0, 0.1) is 6.92 Å². The van der Waals surface area contributed by atoms with Crippen molar-refractivity contribution in [2.45, 2.75) is 13.3 Å². The zero-order chi connectivity index (χ0) is 21.1. The molecule has 1 amide bonds. The van der Waals surface area contributed by atoms with Gasteiger partial charge in [0, 0.05) is 48.5 Å². The molecule has 0 radical (unpaired) electrons. The molecule has 0 saturated carbocycles. The van der Waals surface area contributed by atoms with Gasteiger partial charge in [-0.3, -0.25) is 4.79 Å². The lowest BCUT2D eigenvalue weighted by Gasteiger charge is -2.36. The molecule has 3 aromatic rings. The summed E-state index contributed by atoms with van der Waals surface area (Å²) >= 11 is 13.5. The minimum Gasteiger partial charge on any atom is -0.368 e. The number of carbonyl (C=O) groups excluding carboxylic acids is 1. The van der Waals surface area contributed by atoms with E-state index in [1.807, 2.05) is 28.5 Å². The Morgan fingerprint density at radius 1 is 1.13 bits per heavy atom. The average Bonchev–Trinajstić information content (AvgIpc) is 3.18. The fraction of sp³-hybridized carbons (Fsp3) is 0.286. The molecule has 0 unspecified atom stereocenters. The molecule has 0 bridgehead atoms. The summed E-state index contributed by atoms with van der Waals surface area (Å²) in [5.74, 6) is 0.762. The molecule has 4 rings (SSSR count). The van der Waals surface area contributed by atoms with Crippen molar-refractivity contribution in [3.63, 3.8) is 0 Å². The first-order chi connectivity index (χ1) is 14.5. The lowest BCUT2D eigenvalue weighted by molar-refractivity contribution is -0.130. The van der Waals surface area contributed by atoms with Gasteiger partial charge >= 0.3 is 0 Å². The molecule has 1 aromatic carbocycles. The topological polar surface area (TPSA) is 61.4 Å². The van der Waals surface area contributed by atoms with Crippen LogP contribution in [0.3, 0.4) is 0 Å². The van der Waals surface area contributed by atoms with Gasteiger partial charge in [-0.25, -0.2) is 9.97 Å². The van der Waals surface area contributed by atoms with E-state index in [1.54, 1.807) is 18.3 Å². The van der Waals surface area contributed by atoms with Gasteiger partial charge in [0.15, 0.2) is 5.13 Å². The largest absolute Gasteiger partial charge is 0.368 e. The molecule has 1 saturated heterocycles. The fourth-order valence-corrected chi connectivity index (χ4v) is 4.39. The molecular weight excluding hydrogens is 441 g/mol. The molecule has 1 N–H and O–H groups in total. The quantitative estimate of drug-likeness (QED) is 0.591. The smallest absolute Gasteiger partial charge is 0.228 e. The lowest BCUT2D eigenvalue weighted by Crippen LogP contribution is -2.49. The van der Waals surface area contributed by atoms with E-state index in [0.717, 1.165) is 29.5 Å². The zero-order valence-electron chi connectivity index (χ0n) is 16.4. The van der Waals surface area contributed by atoms with Crippen molar-refractivity contribution in [3.05, 3.63) is 63.2 Å². The van der Waals surface area contributed by atoms with Crippen LogP contribution in [0.15, 0.2) is 41.9 Å². The van der Waals surface area contributed by atoms with Crippen molar-refractivity contribution in [1.29, 1.82) is 0 Å². The SMILES string of the molecule is Cc1ccc(Cl)cc1N1CCN(C(=O)Cc2csc(Nc3ccc(Cl)cn3)n2)CC1. The minimum absolute atomic E-state index is 0.0962. The van der Waals surface area contributed by atoms with E-state index in [4.69, 9.17) is 23.2 Å². The standard InChI is InChI=1S/C21H21Cl2N5OS/c1-14-2-3-15(22)10-18(14)27-6-8-28(9-7-27)20(29)11-17-13-30-21(25-17)26-19-5-4-16(23)12-24-19/h2-5,10,12-13H,6-9,11H2,1H3,(H,24,25,26). The van der Waals surface area contributed by atoms with Gasteiger partial charge in [-0.15, -0.1) is 11.3 Å². The van der Waals surface area contributed by atoms with E-state index >= 15 is 0 Å². The Hall–Kier alpha value is -2.35. The summed E-state index contributed by atoms with van der Waals surface area (Å²) in [6.45, 7) is 5.04. The molecule has 156 valence electrons. The van der Waals surface area contributed by atoms with Crippen LogP contribution >= 0.6 is 34.5 Å². The first kappa shape index (κ1) is 20.9. The number of anilines is 3. The van der Waals surface area contributed by atoms with Crippen LogP contribution < -0.4 is 10.2 Å². The van der Waals surface area contributed by atoms with Crippen molar-refractivity contribution in [2.24, 2.45) is 0 Å². The maximum Gasteiger partial charge on any atom is 0.228 e. The van der Waals surface area contributed by atoms with Crippen LogP contribution in [0.2, 0.25) is 10.0 Å². The van der Waals surface area contributed by atoms with Crippen LogP contribution in [-0.4, -0.2) is 47.0 Å². The van der Waals surface area contributed by atoms with Gasteiger partial charge < -0.3 is 15.1 Å². The van der Waals surface area contributed by atoms with E-state index < -0.39 is 0 Å².